The molecular weight excluding hydrogens is 318 g/mol. The summed E-state index contributed by atoms with van der Waals surface area (Å²) in [5, 5.41) is 5.45. The van der Waals surface area contributed by atoms with Crippen molar-refractivity contribution in [2.24, 2.45) is 5.92 Å². The summed E-state index contributed by atoms with van der Waals surface area (Å²) in [5.74, 6) is 0.240. The number of nitrogens with one attached hydrogen (secondary N) is 2. The molecule has 1 aliphatic carbocycles. The van der Waals surface area contributed by atoms with Gasteiger partial charge in [0.05, 0.1) is 6.54 Å². The molecule has 0 bridgehead atoms. The average molecular weight is 347 g/mol. The highest BCUT2D eigenvalue weighted by Crippen LogP contribution is 2.22. The second-order valence-electron chi connectivity index (χ2n) is 6.68. The van der Waals surface area contributed by atoms with Crippen molar-refractivity contribution >= 4 is 11.8 Å². The van der Waals surface area contributed by atoms with Crippen molar-refractivity contribution in [2.45, 2.75) is 65.0 Å². The fourth-order valence-electron chi connectivity index (χ4n) is 2.77. The van der Waals surface area contributed by atoms with Gasteiger partial charge >= 0.3 is 0 Å². The molecule has 0 aliphatic heterocycles. The number of ether oxygens (including phenoxy) is 1. The first-order valence-electron chi connectivity index (χ1n) is 9.24. The third-order valence-electron chi connectivity index (χ3n) is 4.61. The Morgan fingerprint density at radius 3 is 2.76 bits per heavy atom. The lowest BCUT2D eigenvalue weighted by Crippen LogP contribution is -2.38. The SMILES string of the molecule is CCC(C)C(=O)NCC(=O)NCc1ccnc(OC2CCCCC2)c1. The van der Waals surface area contributed by atoms with Gasteiger partial charge in [-0.05, 0) is 43.7 Å². The van der Waals surface area contributed by atoms with Crippen LogP contribution < -0.4 is 15.4 Å². The van der Waals surface area contributed by atoms with Crippen LogP contribution in [-0.4, -0.2) is 29.4 Å². The Kier molecular flexibility index (Phi) is 7.70. The van der Waals surface area contributed by atoms with Crippen LogP contribution in [0.15, 0.2) is 18.3 Å². The molecule has 2 N–H and O–H groups in total. The van der Waals surface area contributed by atoms with E-state index in [1.54, 1.807) is 6.20 Å². The van der Waals surface area contributed by atoms with Gasteiger partial charge < -0.3 is 15.4 Å². The van der Waals surface area contributed by atoms with Gasteiger partial charge in [-0.25, -0.2) is 4.98 Å². The number of rotatable bonds is 8. The Hall–Kier alpha value is -2.11. The lowest BCUT2D eigenvalue weighted by Gasteiger charge is -2.22. The smallest absolute Gasteiger partial charge is 0.239 e. The molecule has 1 atom stereocenters. The van der Waals surface area contributed by atoms with Gasteiger partial charge in [0.15, 0.2) is 0 Å². The predicted octanol–water partition coefficient (Wildman–Crippen LogP) is 2.57. The minimum Gasteiger partial charge on any atom is -0.474 e. The van der Waals surface area contributed by atoms with Gasteiger partial charge in [-0.3, -0.25) is 9.59 Å². The maximum atomic E-state index is 11.9. The zero-order valence-electron chi connectivity index (χ0n) is 15.2. The van der Waals surface area contributed by atoms with E-state index < -0.39 is 0 Å². The van der Waals surface area contributed by atoms with E-state index in [4.69, 9.17) is 4.74 Å². The highest BCUT2D eigenvalue weighted by molar-refractivity contribution is 5.85. The Bertz CT molecular complexity index is 571. The third-order valence-corrected chi connectivity index (χ3v) is 4.61. The number of carbonyl (C=O) groups excluding carboxylic acids is 2. The molecule has 1 heterocycles. The van der Waals surface area contributed by atoms with Crippen LogP contribution in [0, 0.1) is 5.92 Å². The minimum atomic E-state index is -0.205. The average Bonchev–Trinajstić information content (AvgIpc) is 2.65. The Labute approximate surface area is 149 Å². The van der Waals surface area contributed by atoms with Crippen LogP contribution in [-0.2, 0) is 16.1 Å². The van der Waals surface area contributed by atoms with Crippen LogP contribution in [0.25, 0.3) is 0 Å². The first kappa shape index (κ1) is 19.2. The second kappa shape index (κ2) is 10.0. The molecule has 6 heteroatoms. The summed E-state index contributed by atoms with van der Waals surface area (Å²) in [4.78, 5) is 27.8. The Balaban J connectivity index is 1.75. The van der Waals surface area contributed by atoms with Gasteiger partial charge in [0.25, 0.3) is 0 Å². The van der Waals surface area contributed by atoms with Crippen molar-refractivity contribution < 1.29 is 14.3 Å². The molecule has 1 aliphatic rings. The summed E-state index contributed by atoms with van der Waals surface area (Å²) >= 11 is 0. The number of carbonyl (C=O) groups is 2. The van der Waals surface area contributed by atoms with Gasteiger partial charge in [-0.2, -0.15) is 0 Å². The highest BCUT2D eigenvalue weighted by Gasteiger charge is 2.15. The number of nitrogens with zero attached hydrogens (tertiary/aromatic N) is 1. The summed E-state index contributed by atoms with van der Waals surface area (Å²) < 4.78 is 5.94. The molecule has 0 saturated heterocycles. The standard InChI is InChI=1S/C19H29N3O3/c1-3-14(2)19(24)22-13-17(23)21-12-15-9-10-20-18(11-15)25-16-7-5-4-6-8-16/h9-11,14,16H,3-8,12-13H2,1-2H3,(H,21,23)(H,22,24). The molecule has 1 aromatic rings. The minimum absolute atomic E-state index is 0.000309. The number of hydrogen-bond donors (Lipinski definition) is 2. The molecule has 2 amide bonds. The van der Waals surface area contributed by atoms with Crippen LogP contribution in [0.2, 0.25) is 0 Å². The topological polar surface area (TPSA) is 80.3 Å². The fraction of sp³-hybridized carbons (Fsp3) is 0.632. The molecule has 1 aromatic heterocycles. The zero-order valence-corrected chi connectivity index (χ0v) is 15.2. The third kappa shape index (κ3) is 6.72. The largest absolute Gasteiger partial charge is 0.474 e. The van der Waals surface area contributed by atoms with E-state index in [1.807, 2.05) is 26.0 Å². The number of hydrogen-bond acceptors (Lipinski definition) is 4. The van der Waals surface area contributed by atoms with Crippen LogP contribution in [0.1, 0.15) is 57.9 Å². The first-order chi connectivity index (χ1) is 12.1. The van der Waals surface area contributed by atoms with Gasteiger partial charge in [0, 0.05) is 24.7 Å². The van der Waals surface area contributed by atoms with E-state index >= 15 is 0 Å². The second-order valence-corrected chi connectivity index (χ2v) is 6.68. The van der Waals surface area contributed by atoms with Gasteiger partial charge in [0.2, 0.25) is 17.7 Å². The van der Waals surface area contributed by atoms with E-state index in [2.05, 4.69) is 15.6 Å². The molecule has 1 unspecified atom stereocenters. The molecule has 25 heavy (non-hydrogen) atoms. The molecular formula is C19H29N3O3. The molecule has 2 rings (SSSR count). The normalized spacial score (nSPS) is 16.1. The number of pyridine rings is 1. The molecule has 1 saturated carbocycles. The summed E-state index contributed by atoms with van der Waals surface area (Å²) in [6.07, 6.45) is 8.58. The lowest BCUT2D eigenvalue weighted by molar-refractivity contribution is -0.128. The summed E-state index contributed by atoms with van der Waals surface area (Å²) in [6.45, 7) is 4.18. The zero-order chi connectivity index (χ0) is 18.1. The lowest BCUT2D eigenvalue weighted by atomic mass is 9.98. The molecule has 0 spiro atoms. The van der Waals surface area contributed by atoms with Crippen molar-refractivity contribution in [1.82, 2.24) is 15.6 Å². The molecule has 1 fully saturated rings. The van der Waals surface area contributed by atoms with E-state index in [-0.39, 0.29) is 30.4 Å². The quantitative estimate of drug-likeness (QED) is 0.757. The summed E-state index contributed by atoms with van der Waals surface area (Å²) in [5.41, 5.74) is 0.933. The number of aromatic nitrogens is 1. The van der Waals surface area contributed by atoms with Crippen molar-refractivity contribution in [3.05, 3.63) is 23.9 Å². The van der Waals surface area contributed by atoms with Crippen LogP contribution in [0.5, 0.6) is 5.88 Å². The molecule has 0 aromatic carbocycles. The monoisotopic (exact) mass is 347 g/mol. The summed E-state index contributed by atoms with van der Waals surface area (Å²) in [6, 6.07) is 3.72. The van der Waals surface area contributed by atoms with E-state index in [1.165, 1.54) is 19.3 Å². The molecule has 6 nitrogen and oxygen atoms in total. The first-order valence-corrected chi connectivity index (χ1v) is 9.24. The van der Waals surface area contributed by atoms with Crippen LogP contribution in [0.4, 0.5) is 0 Å². The number of amides is 2. The van der Waals surface area contributed by atoms with E-state index in [0.717, 1.165) is 24.8 Å². The Morgan fingerprint density at radius 1 is 1.28 bits per heavy atom. The van der Waals surface area contributed by atoms with Crippen molar-refractivity contribution in [3.63, 3.8) is 0 Å². The van der Waals surface area contributed by atoms with E-state index in [9.17, 15) is 9.59 Å². The van der Waals surface area contributed by atoms with Crippen LogP contribution in [0.3, 0.4) is 0 Å². The van der Waals surface area contributed by atoms with E-state index in [0.29, 0.717) is 12.4 Å². The van der Waals surface area contributed by atoms with Gasteiger partial charge in [0.1, 0.15) is 6.10 Å². The fourth-order valence-corrected chi connectivity index (χ4v) is 2.77. The molecule has 0 radical (unpaired) electrons. The summed E-state index contributed by atoms with van der Waals surface area (Å²) in [7, 11) is 0. The maximum absolute atomic E-state index is 11.9. The molecule has 138 valence electrons. The predicted molar refractivity (Wildman–Crippen MR) is 96.0 cm³/mol. The maximum Gasteiger partial charge on any atom is 0.239 e. The van der Waals surface area contributed by atoms with Crippen molar-refractivity contribution in [1.29, 1.82) is 0 Å². The van der Waals surface area contributed by atoms with Gasteiger partial charge in [-0.15, -0.1) is 0 Å². The van der Waals surface area contributed by atoms with Crippen LogP contribution >= 0.6 is 0 Å². The van der Waals surface area contributed by atoms with Gasteiger partial charge in [-0.1, -0.05) is 20.3 Å². The van der Waals surface area contributed by atoms with Crippen molar-refractivity contribution in [3.8, 4) is 5.88 Å². The van der Waals surface area contributed by atoms with Crippen molar-refractivity contribution in [2.75, 3.05) is 6.54 Å². The highest BCUT2D eigenvalue weighted by atomic mass is 16.5. The Morgan fingerprint density at radius 2 is 2.04 bits per heavy atom.